The monoisotopic (exact) mass is 340 g/mol. The van der Waals surface area contributed by atoms with Crippen LogP contribution in [0.4, 0.5) is 5.82 Å². The quantitative estimate of drug-likeness (QED) is 0.878. The minimum absolute atomic E-state index is 0.0588. The Morgan fingerprint density at radius 1 is 1.28 bits per heavy atom. The summed E-state index contributed by atoms with van der Waals surface area (Å²) in [4.78, 5) is 26.2. The Morgan fingerprint density at radius 2 is 2.04 bits per heavy atom. The Labute approximate surface area is 147 Å². The lowest BCUT2D eigenvalue weighted by atomic mass is 10.1. The first-order chi connectivity index (χ1) is 12.0. The molecule has 1 fully saturated rings. The van der Waals surface area contributed by atoms with Crippen LogP contribution in [0.2, 0.25) is 0 Å². The third-order valence-electron chi connectivity index (χ3n) is 4.25. The maximum Gasteiger partial charge on any atom is 0.230 e. The van der Waals surface area contributed by atoms with Crippen molar-refractivity contribution in [2.24, 2.45) is 11.8 Å². The van der Waals surface area contributed by atoms with E-state index in [-0.39, 0.29) is 24.2 Å². The molecule has 1 N–H and O–H groups in total. The fourth-order valence-electron chi connectivity index (χ4n) is 3.08. The Morgan fingerprint density at radius 3 is 2.76 bits per heavy atom. The SMILES string of the molecule is CC(C)CN1CC(C(=O)Nc2ccn(Cc3ccccc3)n2)CC1=O. The second-order valence-corrected chi connectivity index (χ2v) is 6.97. The molecule has 132 valence electrons. The van der Waals surface area contributed by atoms with Crippen LogP contribution in [0.5, 0.6) is 0 Å². The molecule has 1 aromatic heterocycles. The summed E-state index contributed by atoms with van der Waals surface area (Å²) in [6, 6.07) is 11.8. The number of carbonyl (C=O) groups excluding carboxylic acids is 2. The van der Waals surface area contributed by atoms with Gasteiger partial charge in [-0.3, -0.25) is 14.3 Å². The zero-order valence-electron chi connectivity index (χ0n) is 14.7. The number of hydrogen-bond acceptors (Lipinski definition) is 3. The molecule has 25 heavy (non-hydrogen) atoms. The van der Waals surface area contributed by atoms with Gasteiger partial charge in [0.15, 0.2) is 5.82 Å². The van der Waals surface area contributed by atoms with E-state index < -0.39 is 0 Å². The van der Waals surface area contributed by atoms with Crippen molar-refractivity contribution in [3.63, 3.8) is 0 Å². The Bertz CT molecular complexity index is 739. The molecule has 1 aliphatic rings. The second kappa shape index (κ2) is 7.51. The number of aromatic nitrogens is 2. The van der Waals surface area contributed by atoms with E-state index in [9.17, 15) is 9.59 Å². The topological polar surface area (TPSA) is 67.2 Å². The number of nitrogens with one attached hydrogen (secondary N) is 1. The van der Waals surface area contributed by atoms with E-state index in [1.54, 1.807) is 15.6 Å². The van der Waals surface area contributed by atoms with Crippen molar-refractivity contribution in [3.8, 4) is 0 Å². The van der Waals surface area contributed by atoms with E-state index in [1.807, 2.05) is 36.5 Å². The van der Waals surface area contributed by atoms with Crippen LogP contribution in [0.3, 0.4) is 0 Å². The molecule has 0 radical (unpaired) electrons. The Hall–Kier alpha value is -2.63. The highest BCUT2D eigenvalue weighted by Crippen LogP contribution is 2.20. The summed E-state index contributed by atoms with van der Waals surface area (Å²) < 4.78 is 1.79. The lowest BCUT2D eigenvalue weighted by Crippen LogP contribution is -2.31. The van der Waals surface area contributed by atoms with Gasteiger partial charge in [-0.25, -0.2) is 0 Å². The molecule has 0 spiro atoms. The molecule has 6 nitrogen and oxygen atoms in total. The van der Waals surface area contributed by atoms with Crippen LogP contribution in [-0.2, 0) is 16.1 Å². The highest BCUT2D eigenvalue weighted by Gasteiger charge is 2.34. The van der Waals surface area contributed by atoms with Gasteiger partial charge in [-0.2, -0.15) is 5.10 Å². The number of hydrogen-bond donors (Lipinski definition) is 1. The van der Waals surface area contributed by atoms with Gasteiger partial charge in [0, 0.05) is 31.8 Å². The molecule has 0 saturated carbocycles. The minimum Gasteiger partial charge on any atom is -0.342 e. The van der Waals surface area contributed by atoms with E-state index in [0.717, 1.165) is 5.56 Å². The molecule has 1 aromatic carbocycles. The third-order valence-corrected chi connectivity index (χ3v) is 4.25. The highest BCUT2D eigenvalue weighted by molar-refractivity contribution is 5.96. The molecular weight excluding hydrogens is 316 g/mol. The average molecular weight is 340 g/mol. The normalized spacial score (nSPS) is 17.3. The Balaban J connectivity index is 1.56. The van der Waals surface area contributed by atoms with E-state index in [1.165, 1.54) is 0 Å². The first-order valence-corrected chi connectivity index (χ1v) is 8.67. The predicted molar refractivity (Wildman–Crippen MR) is 95.9 cm³/mol. The van der Waals surface area contributed by atoms with Gasteiger partial charge in [0.1, 0.15) is 0 Å². The van der Waals surface area contributed by atoms with Crippen LogP contribution in [-0.4, -0.2) is 39.6 Å². The fraction of sp³-hybridized carbons (Fsp3) is 0.421. The number of carbonyl (C=O) groups is 2. The summed E-state index contributed by atoms with van der Waals surface area (Å²) in [5, 5.41) is 7.22. The molecule has 1 atom stereocenters. The van der Waals surface area contributed by atoms with Crippen molar-refractivity contribution >= 4 is 17.6 Å². The molecular formula is C19H24N4O2. The van der Waals surface area contributed by atoms with Crippen molar-refractivity contribution < 1.29 is 9.59 Å². The largest absolute Gasteiger partial charge is 0.342 e. The van der Waals surface area contributed by atoms with Gasteiger partial charge >= 0.3 is 0 Å². The second-order valence-electron chi connectivity index (χ2n) is 6.97. The van der Waals surface area contributed by atoms with Crippen LogP contribution < -0.4 is 5.32 Å². The maximum absolute atomic E-state index is 12.4. The van der Waals surface area contributed by atoms with E-state index in [2.05, 4.69) is 24.3 Å². The number of likely N-dealkylation sites (tertiary alicyclic amines) is 1. The number of anilines is 1. The fourth-order valence-corrected chi connectivity index (χ4v) is 3.08. The van der Waals surface area contributed by atoms with Gasteiger partial charge in [-0.05, 0) is 11.5 Å². The number of benzene rings is 1. The van der Waals surface area contributed by atoms with Gasteiger partial charge in [0.2, 0.25) is 11.8 Å². The van der Waals surface area contributed by atoms with Crippen molar-refractivity contribution in [2.75, 3.05) is 18.4 Å². The molecule has 3 rings (SSSR count). The zero-order valence-corrected chi connectivity index (χ0v) is 14.7. The average Bonchev–Trinajstić information content (AvgIpc) is 3.15. The lowest BCUT2D eigenvalue weighted by molar-refractivity contribution is -0.128. The van der Waals surface area contributed by atoms with Crippen molar-refractivity contribution in [2.45, 2.75) is 26.8 Å². The van der Waals surface area contributed by atoms with Gasteiger partial charge in [-0.15, -0.1) is 0 Å². The van der Waals surface area contributed by atoms with Crippen molar-refractivity contribution in [1.29, 1.82) is 0 Å². The number of nitrogens with zero attached hydrogens (tertiary/aromatic N) is 3. The summed E-state index contributed by atoms with van der Waals surface area (Å²) in [5.74, 6) is 0.550. The van der Waals surface area contributed by atoms with Gasteiger partial charge in [-0.1, -0.05) is 44.2 Å². The van der Waals surface area contributed by atoms with Crippen LogP contribution >= 0.6 is 0 Å². The molecule has 2 amide bonds. The summed E-state index contributed by atoms with van der Waals surface area (Å²) in [7, 11) is 0. The van der Waals surface area contributed by atoms with E-state index >= 15 is 0 Å². The van der Waals surface area contributed by atoms with Gasteiger partial charge in [0.05, 0.1) is 12.5 Å². The van der Waals surface area contributed by atoms with E-state index in [0.29, 0.717) is 31.4 Å². The Kier molecular flexibility index (Phi) is 5.16. The molecule has 2 heterocycles. The first-order valence-electron chi connectivity index (χ1n) is 8.67. The molecule has 1 unspecified atom stereocenters. The van der Waals surface area contributed by atoms with E-state index in [4.69, 9.17) is 0 Å². The predicted octanol–water partition coefficient (Wildman–Crippen LogP) is 2.37. The first kappa shape index (κ1) is 17.2. The van der Waals surface area contributed by atoms with Gasteiger partial charge < -0.3 is 10.2 Å². The highest BCUT2D eigenvalue weighted by atomic mass is 16.2. The van der Waals surface area contributed by atoms with Crippen LogP contribution in [0, 0.1) is 11.8 Å². The number of rotatable bonds is 6. The summed E-state index contributed by atoms with van der Waals surface area (Å²) in [6.07, 6.45) is 2.12. The zero-order chi connectivity index (χ0) is 17.8. The van der Waals surface area contributed by atoms with Gasteiger partial charge in [0.25, 0.3) is 0 Å². The summed E-state index contributed by atoms with van der Waals surface area (Å²) in [6.45, 7) is 5.99. The van der Waals surface area contributed by atoms with Crippen LogP contribution in [0.1, 0.15) is 25.8 Å². The summed E-state index contributed by atoms with van der Waals surface area (Å²) >= 11 is 0. The third kappa shape index (κ3) is 4.47. The molecule has 6 heteroatoms. The number of amides is 2. The minimum atomic E-state index is -0.300. The van der Waals surface area contributed by atoms with Crippen molar-refractivity contribution in [1.82, 2.24) is 14.7 Å². The summed E-state index contributed by atoms with van der Waals surface area (Å²) in [5.41, 5.74) is 1.15. The standard InChI is InChI=1S/C19H24N4O2/c1-14(2)11-22-13-16(10-18(22)24)19(25)20-17-8-9-23(21-17)12-15-6-4-3-5-7-15/h3-9,14,16H,10-13H2,1-2H3,(H,20,21,25). The van der Waals surface area contributed by atoms with Crippen LogP contribution in [0.25, 0.3) is 0 Å². The molecule has 0 bridgehead atoms. The molecule has 0 aliphatic carbocycles. The van der Waals surface area contributed by atoms with Crippen molar-refractivity contribution in [3.05, 3.63) is 48.2 Å². The lowest BCUT2D eigenvalue weighted by Gasteiger charge is -2.18. The molecule has 1 aliphatic heterocycles. The van der Waals surface area contributed by atoms with Crippen LogP contribution in [0.15, 0.2) is 42.6 Å². The molecule has 2 aromatic rings. The maximum atomic E-state index is 12.4. The smallest absolute Gasteiger partial charge is 0.230 e. The molecule has 1 saturated heterocycles.